The first kappa shape index (κ1) is 18.3. The Morgan fingerprint density at radius 3 is 2.64 bits per heavy atom. The normalized spacial score (nSPS) is 15.0. The molecular weight excluding hydrogens is 350 g/mol. The number of hydrogen-bond donors (Lipinski definition) is 1. The Bertz CT molecular complexity index is 853. The molecule has 0 bridgehead atoms. The van der Waals surface area contributed by atoms with Crippen molar-refractivity contribution in [2.45, 2.75) is 46.1 Å². The van der Waals surface area contributed by atoms with Gasteiger partial charge in [0.2, 0.25) is 9.04 Å². The van der Waals surface area contributed by atoms with Crippen molar-refractivity contribution in [1.29, 1.82) is 0 Å². The van der Waals surface area contributed by atoms with E-state index in [1.165, 1.54) is 0 Å². The molecule has 3 aromatic rings. The van der Waals surface area contributed by atoms with Gasteiger partial charge in [-0.05, 0) is 30.1 Å². The van der Waals surface area contributed by atoms with Gasteiger partial charge < -0.3 is 9.53 Å². The van der Waals surface area contributed by atoms with Crippen molar-refractivity contribution in [2.75, 3.05) is 0 Å². The van der Waals surface area contributed by atoms with Crippen LogP contribution in [0.3, 0.4) is 0 Å². The van der Waals surface area contributed by atoms with Gasteiger partial charge in [-0.3, -0.25) is 9.38 Å². The van der Waals surface area contributed by atoms with Crippen LogP contribution in [0.25, 0.3) is 4.83 Å². The monoisotopic (exact) mass is 374 g/mol. The van der Waals surface area contributed by atoms with Crippen molar-refractivity contribution in [1.82, 2.24) is 14.4 Å². The molecule has 0 aromatic carbocycles. The summed E-state index contributed by atoms with van der Waals surface area (Å²) in [6, 6.07) is 2.00. The summed E-state index contributed by atoms with van der Waals surface area (Å²) in [5.41, 5.74) is 2.35. The molecular formula is C18H24N3O2SSi. The van der Waals surface area contributed by atoms with Gasteiger partial charge in [0.15, 0.2) is 0 Å². The van der Waals surface area contributed by atoms with Gasteiger partial charge in [0.1, 0.15) is 23.0 Å². The number of pyridine rings is 1. The zero-order valence-electron chi connectivity index (χ0n) is 15.2. The van der Waals surface area contributed by atoms with E-state index < -0.39 is 15.1 Å². The van der Waals surface area contributed by atoms with Crippen LogP contribution in [-0.4, -0.2) is 28.5 Å². The molecule has 3 aromatic heterocycles. The van der Waals surface area contributed by atoms with Crippen LogP contribution in [0, 0.1) is 5.41 Å². The van der Waals surface area contributed by atoms with Crippen molar-refractivity contribution in [3.8, 4) is 0 Å². The summed E-state index contributed by atoms with van der Waals surface area (Å²) in [6.45, 7) is 10.8. The number of imidazole rings is 1. The van der Waals surface area contributed by atoms with Crippen LogP contribution < -0.4 is 0 Å². The maximum Gasteiger partial charge on any atom is 0.205 e. The number of rotatable bonds is 5. The molecule has 0 spiro atoms. The highest BCUT2D eigenvalue weighted by molar-refractivity contribution is 7.15. The highest BCUT2D eigenvalue weighted by atomic mass is 32.1. The fourth-order valence-corrected chi connectivity index (χ4v) is 4.64. The highest BCUT2D eigenvalue weighted by Crippen LogP contribution is 2.37. The molecule has 0 aliphatic heterocycles. The summed E-state index contributed by atoms with van der Waals surface area (Å²) in [4.78, 5) is 9.69. The summed E-state index contributed by atoms with van der Waals surface area (Å²) >= 11 is 1.57. The largest absolute Gasteiger partial charge is 0.410 e. The van der Waals surface area contributed by atoms with E-state index in [0.29, 0.717) is 5.69 Å². The summed E-state index contributed by atoms with van der Waals surface area (Å²) in [6.07, 6.45) is 6.35. The molecule has 1 N–H and O–H groups in total. The molecule has 7 heteroatoms. The quantitative estimate of drug-likeness (QED) is 0.679. The zero-order valence-corrected chi connectivity index (χ0v) is 17.0. The Balaban J connectivity index is 1.96. The van der Waals surface area contributed by atoms with Crippen molar-refractivity contribution in [3.63, 3.8) is 0 Å². The smallest absolute Gasteiger partial charge is 0.205 e. The lowest BCUT2D eigenvalue weighted by Gasteiger charge is -2.32. The van der Waals surface area contributed by atoms with Crippen LogP contribution in [0.2, 0.25) is 13.1 Å². The number of aliphatic hydroxyl groups excluding tert-OH is 1. The van der Waals surface area contributed by atoms with Crippen molar-refractivity contribution in [3.05, 3.63) is 53.2 Å². The van der Waals surface area contributed by atoms with Gasteiger partial charge in [0.05, 0.1) is 6.10 Å². The predicted octanol–water partition coefficient (Wildman–Crippen LogP) is 4.23. The minimum Gasteiger partial charge on any atom is -0.410 e. The van der Waals surface area contributed by atoms with E-state index in [-0.39, 0.29) is 11.5 Å². The minimum atomic E-state index is -0.864. The van der Waals surface area contributed by atoms with Crippen molar-refractivity contribution in [2.24, 2.45) is 5.41 Å². The third kappa shape index (κ3) is 3.84. The lowest BCUT2D eigenvalue weighted by molar-refractivity contribution is 0.0860. The van der Waals surface area contributed by atoms with Crippen LogP contribution >= 0.6 is 11.3 Å². The first-order valence-electron chi connectivity index (χ1n) is 8.27. The molecule has 0 saturated carbocycles. The number of thiazole rings is 1. The van der Waals surface area contributed by atoms with Gasteiger partial charge >= 0.3 is 0 Å². The fraction of sp³-hybridized carbons (Fsp3) is 0.444. The SMILES string of the molecule is C[Si](C)OC(c1cncc(C(O)c2ncn3ccsc23)c1)C(C)(C)C. The second kappa shape index (κ2) is 6.99. The molecule has 25 heavy (non-hydrogen) atoms. The average molecular weight is 375 g/mol. The van der Waals surface area contributed by atoms with E-state index in [4.69, 9.17) is 4.43 Å². The summed E-state index contributed by atoms with van der Waals surface area (Å²) < 4.78 is 8.17. The third-order valence-electron chi connectivity index (χ3n) is 3.97. The molecule has 1 radical (unpaired) electrons. The summed E-state index contributed by atoms with van der Waals surface area (Å²) in [5, 5.41) is 12.8. The predicted molar refractivity (Wildman–Crippen MR) is 102 cm³/mol. The molecule has 0 aliphatic carbocycles. The van der Waals surface area contributed by atoms with Crippen LogP contribution in [0.1, 0.15) is 49.8 Å². The van der Waals surface area contributed by atoms with Gasteiger partial charge in [-0.1, -0.05) is 20.8 Å². The molecule has 133 valence electrons. The third-order valence-corrected chi connectivity index (χ3v) is 5.58. The van der Waals surface area contributed by atoms with Crippen LogP contribution in [-0.2, 0) is 4.43 Å². The minimum absolute atomic E-state index is 0.0530. The molecule has 0 amide bonds. The van der Waals surface area contributed by atoms with E-state index in [1.54, 1.807) is 23.9 Å². The number of nitrogens with zero attached hydrogens (tertiary/aromatic N) is 3. The fourth-order valence-electron chi connectivity index (χ4n) is 2.85. The van der Waals surface area contributed by atoms with E-state index in [9.17, 15) is 5.11 Å². The van der Waals surface area contributed by atoms with E-state index in [1.807, 2.05) is 28.2 Å². The second-order valence-electron chi connectivity index (χ2n) is 7.47. The molecule has 3 heterocycles. The lowest BCUT2D eigenvalue weighted by Crippen LogP contribution is -2.26. The maximum atomic E-state index is 10.8. The highest BCUT2D eigenvalue weighted by Gasteiger charge is 2.29. The number of hydrogen-bond acceptors (Lipinski definition) is 5. The molecule has 3 rings (SSSR count). The van der Waals surface area contributed by atoms with Crippen LogP contribution in [0.15, 0.2) is 36.4 Å². The lowest BCUT2D eigenvalue weighted by atomic mass is 9.85. The first-order valence-corrected chi connectivity index (χ1v) is 11.6. The van der Waals surface area contributed by atoms with Gasteiger partial charge in [0, 0.05) is 29.5 Å². The molecule has 0 aliphatic rings. The van der Waals surface area contributed by atoms with Crippen LogP contribution in [0.5, 0.6) is 0 Å². The number of aromatic nitrogens is 3. The zero-order chi connectivity index (χ0) is 18.2. The Kier molecular flexibility index (Phi) is 5.10. The Hall–Kier alpha value is -1.54. The molecule has 2 unspecified atom stereocenters. The van der Waals surface area contributed by atoms with Crippen molar-refractivity contribution < 1.29 is 9.53 Å². The summed E-state index contributed by atoms with van der Waals surface area (Å²) in [7, 11) is -0.864. The van der Waals surface area contributed by atoms with E-state index >= 15 is 0 Å². The number of fused-ring (bicyclic) bond motifs is 1. The van der Waals surface area contributed by atoms with Gasteiger partial charge in [-0.15, -0.1) is 11.3 Å². The molecule has 0 saturated heterocycles. The van der Waals surface area contributed by atoms with Crippen LogP contribution in [0.4, 0.5) is 0 Å². The molecule has 0 fully saturated rings. The Morgan fingerprint density at radius 1 is 1.24 bits per heavy atom. The summed E-state index contributed by atoms with van der Waals surface area (Å²) in [5.74, 6) is 0. The molecule has 5 nitrogen and oxygen atoms in total. The number of aliphatic hydroxyl groups is 1. The second-order valence-corrected chi connectivity index (χ2v) is 10.4. The Labute approximate surface area is 154 Å². The van der Waals surface area contributed by atoms with Gasteiger partial charge in [-0.25, -0.2) is 4.98 Å². The average Bonchev–Trinajstić information content (AvgIpc) is 3.14. The van der Waals surface area contributed by atoms with E-state index in [0.717, 1.165) is 16.0 Å². The van der Waals surface area contributed by atoms with E-state index in [2.05, 4.69) is 43.8 Å². The Morgan fingerprint density at radius 2 is 1.96 bits per heavy atom. The maximum absolute atomic E-state index is 10.8. The van der Waals surface area contributed by atoms with Crippen molar-refractivity contribution >= 4 is 25.2 Å². The topological polar surface area (TPSA) is 59.7 Å². The first-order chi connectivity index (χ1) is 11.8. The molecule has 2 atom stereocenters. The standard InChI is InChI=1S/C18H24N3O2SSi/c1-18(2,3)16(23-25(4)5)13-8-12(9-19-10-13)15(22)14-17-21(11-20-14)6-7-24-17/h6-11,15-16,22H,1-5H3. The van der Waals surface area contributed by atoms with Gasteiger partial charge in [-0.2, -0.15) is 0 Å². The van der Waals surface area contributed by atoms with Gasteiger partial charge in [0.25, 0.3) is 0 Å².